The molecular formula is C23H23N7O6S3. The van der Waals surface area contributed by atoms with Crippen molar-refractivity contribution in [3.8, 4) is 0 Å². The number of rotatable bonds is 9. The van der Waals surface area contributed by atoms with Crippen molar-refractivity contribution in [2.24, 2.45) is 5.16 Å². The van der Waals surface area contributed by atoms with Crippen LogP contribution >= 0.6 is 34.9 Å². The number of hydrogen-bond donors (Lipinski definition) is 2. The van der Waals surface area contributed by atoms with Gasteiger partial charge in [-0.1, -0.05) is 9.83 Å². The van der Waals surface area contributed by atoms with Crippen LogP contribution in [0, 0.1) is 0 Å². The summed E-state index contributed by atoms with van der Waals surface area (Å²) in [7, 11) is 1.27. The number of thiazole rings is 1. The van der Waals surface area contributed by atoms with Crippen molar-refractivity contribution in [2.75, 3.05) is 35.9 Å². The third-order valence-corrected chi connectivity index (χ3v) is 9.32. The number of pyridine rings is 1. The number of amides is 3. The van der Waals surface area contributed by atoms with E-state index < -0.39 is 29.2 Å². The summed E-state index contributed by atoms with van der Waals surface area (Å²) < 4.78 is 1.74. The number of nitrogens with one attached hydrogen (secondary N) is 1. The number of anilines is 1. The Labute approximate surface area is 235 Å². The number of carbonyl (C=O) groups excluding carboxylic acids is 4. The van der Waals surface area contributed by atoms with Crippen LogP contribution in [-0.4, -0.2) is 75.9 Å². The third kappa shape index (κ3) is 5.31. The number of nitrogens with zero attached hydrogens (tertiary/aromatic N) is 5. The quantitative estimate of drug-likeness (QED) is 0.119. The maximum absolute atomic E-state index is 13.0. The summed E-state index contributed by atoms with van der Waals surface area (Å²) >= 11 is 3.89. The topological polar surface area (TPSA) is 174 Å². The Bertz CT molecular complexity index is 1390. The lowest BCUT2D eigenvalue weighted by atomic mass is 10.0. The third-order valence-electron chi connectivity index (χ3n) is 6.21. The molecule has 2 aromatic rings. The number of β-lactam (4-membered cyclic amide) rings is 1. The van der Waals surface area contributed by atoms with Gasteiger partial charge in [0.1, 0.15) is 24.2 Å². The normalized spacial score (nSPS) is 21.1. The molecule has 0 radical (unpaired) electrons. The number of thioether (sulfide) groups is 2. The van der Waals surface area contributed by atoms with Gasteiger partial charge in [-0.25, -0.2) is 4.98 Å². The van der Waals surface area contributed by atoms with Crippen LogP contribution in [0.25, 0.3) is 0 Å². The molecule has 2 atom stereocenters. The first-order valence-corrected chi connectivity index (χ1v) is 14.7. The Morgan fingerprint density at radius 2 is 2.13 bits per heavy atom. The van der Waals surface area contributed by atoms with Crippen LogP contribution in [0.1, 0.15) is 18.5 Å². The molecule has 16 heteroatoms. The zero-order valence-electron chi connectivity index (χ0n) is 20.6. The van der Waals surface area contributed by atoms with Gasteiger partial charge >= 0.3 is 0 Å². The van der Waals surface area contributed by atoms with E-state index in [9.17, 15) is 24.3 Å². The van der Waals surface area contributed by atoms with Crippen molar-refractivity contribution >= 4 is 69.4 Å². The number of carboxylic acids is 1. The summed E-state index contributed by atoms with van der Waals surface area (Å²) in [6.07, 6.45) is 4.94. The van der Waals surface area contributed by atoms with Crippen LogP contribution in [0.5, 0.6) is 0 Å². The molecule has 13 nitrogen and oxygen atoms in total. The first-order valence-electron chi connectivity index (χ1n) is 11.7. The highest BCUT2D eigenvalue weighted by Crippen LogP contribution is 2.41. The van der Waals surface area contributed by atoms with Gasteiger partial charge in [0.05, 0.1) is 18.2 Å². The van der Waals surface area contributed by atoms with Crippen molar-refractivity contribution in [3.05, 3.63) is 46.9 Å². The molecule has 3 aliphatic heterocycles. The van der Waals surface area contributed by atoms with Crippen molar-refractivity contribution < 1.29 is 33.8 Å². The predicted molar refractivity (Wildman–Crippen MR) is 142 cm³/mol. The van der Waals surface area contributed by atoms with Crippen LogP contribution < -0.4 is 25.8 Å². The smallest absolute Gasteiger partial charge is 0.277 e. The Morgan fingerprint density at radius 3 is 2.74 bits per heavy atom. The first kappa shape index (κ1) is 27.0. The van der Waals surface area contributed by atoms with E-state index in [0.717, 1.165) is 27.6 Å². The zero-order valence-corrected chi connectivity index (χ0v) is 23.0. The molecule has 39 heavy (non-hydrogen) atoms. The molecule has 3 amide bonds. The van der Waals surface area contributed by atoms with E-state index in [1.807, 2.05) is 12.1 Å². The van der Waals surface area contributed by atoms with Gasteiger partial charge in [-0.3, -0.25) is 19.3 Å². The summed E-state index contributed by atoms with van der Waals surface area (Å²) in [5.41, 5.74) is 6.07. The van der Waals surface area contributed by atoms with E-state index in [1.165, 1.54) is 36.0 Å². The molecule has 2 saturated heterocycles. The second-order valence-corrected chi connectivity index (χ2v) is 11.7. The van der Waals surface area contributed by atoms with Gasteiger partial charge in [0, 0.05) is 40.3 Å². The Kier molecular flexibility index (Phi) is 7.76. The lowest BCUT2D eigenvalue weighted by Crippen LogP contribution is -2.71. The largest absolute Gasteiger partial charge is 0.543 e. The van der Waals surface area contributed by atoms with Crippen LogP contribution in [0.2, 0.25) is 0 Å². The maximum Gasteiger partial charge on any atom is 0.277 e. The minimum Gasteiger partial charge on any atom is -0.543 e. The number of carboxylic acid groups (broad SMARTS) is 1. The molecule has 0 bridgehead atoms. The first-order chi connectivity index (χ1) is 18.8. The van der Waals surface area contributed by atoms with Crippen molar-refractivity contribution in [1.29, 1.82) is 0 Å². The predicted octanol–water partition coefficient (Wildman–Crippen LogP) is -1.18. The molecule has 0 aliphatic carbocycles. The number of carbonyl (C=O) groups is 4. The highest BCUT2D eigenvalue weighted by atomic mass is 32.2. The lowest BCUT2D eigenvalue weighted by molar-refractivity contribution is -0.682. The van der Waals surface area contributed by atoms with E-state index >= 15 is 0 Å². The van der Waals surface area contributed by atoms with E-state index in [0.29, 0.717) is 30.0 Å². The number of nitrogen functional groups attached to an aromatic ring is 1. The van der Waals surface area contributed by atoms with Crippen LogP contribution in [-0.2, 0) is 24.0 Å². The fourth-order valence-electron chi connectivity index (χ4n) is 4.40. The van der Waals surface area contributed by atoms with Gasteiger partial charge in [0.2, 0.25) is 12.4 Å². The molecule has 0 spiro atoms. The highest BCUT2D eigenvalue weighted by molar-refractivity contribution is 8.01. The fraction of sp³-hybridized carbons (Fsp3) is 0.348. The highest BCUT2D eigenvalue weighted by Gasteiger charge is 2.53. The fourth-order valence-corrected chi connectivity index (χ4v) is 7.31. The van der Waals surface area contributed by atoms with Crippen molar-refractivity contribution in [2.45, 2.75) is 29.2 Å². The van der Waals surface area contributed by atoms with Crippen LogP contribution in [0.4, 0.5) is 5.13 Å². The van der Waals surface area contributed by atoms with Gasteiger partial charge in [-0.15, -0.1) is 39.9 Å². The summed E-state index contributed by atoms with van der Waals surface area (Å²) in [6, 6.07) is 2.75. The zero-order chi connectivity index (χ0) is 27.7. The lowest BCUT2D eigenvalue weighted by Gasteiger charge is -2.50. The second kappa shape index (κ2) is 11.2. The Balaban J connectivity index is 1.26. The molecule has 204 valence electrons. The Hall–Kier alpha value is -3.63. The summed E-state index contributed by atoms with van der Waals surface area (Å²) in [5, 5.41) is 21.2. The second-order valence-electron chi connectivity index (χ2n) is 8.62. The molecule has 0 saturated carbocycles. The summed E-state index contributed by atoms with van der Waals surface area (Å²) in [5.74, 6) is -1.97. The minimum atomic E-state index is -1.45. The monoisotopic (exact) mass is 589 g/mol. The minimum absolute atomic E-state index is 0.0710. The van der Waals surface area contributed by atoms with Crippen LogP contribution in [0.3, 0.4) is 0 Å². The molecular weight excluding hydrogens is 566 g/mol. The number of hydrogen-bond acceptors (Lipinski definition) is 12. The molecule has 0 aromatic carbocycles. The molecule has 5 heterocycles. The van der Waals surface area contributed by atoms with E-state index in [4.69, 9.17) is 10.6 Å². The average molecular weight is 590 g/mol. The van der Waals surface area contributed by atoms with Crippen LogP contribution in [0.15, 0.2) is 51.2 Å². The van der Waals surface area contributed by atoms with Crippen molar-refractivity contribution in [1.82, 2.24) is 15.2 Å². The van der Waals surface area contributed by atoms with E-state index in [-0.39, 0.29) is 28.1 Å². The van der Waals surface area contributed by atoms with Crippen molar-refractivity contribution in [3.63, 3.8) is 0 Å². The average Bonchev–Trinajstić information content (AvgIpc) is 3.56. The molecule has 3 N–H and O–H groups in total. The number of nitrogens with two attached hydrogens (primary N) is 1. The molecule has 5 rings (SSSR count). The van der Waals surface area contributed by atoms with Gasteiger partial charge in [0.15, 0.2) is 10.8 Å². The number of fused-ring (bicyclic) bond motifs is 1. The number of aliphatic carboxylic acids is 1. The van der Waals surface area contributed by atoms with Gasteiger partial charge in [-0.2, -0.15) is 0 Å². The molecule has 0 unspecified atom stereocenters. The summed E-state index contributed by atoms with van der Waals surface area (Å²) in [4.78, 5) is 60.7. The molecule has 2 fully saturated rings. The maximum atomic E-state index is 13.0. The summed E-state index contributed by atoms with van der Waals surface area (Å²) in [6.45, 7) is 0.668. The molecule has 3 aliphatic rings. The van der Waals surface area contributed by atoms with Gasteiger partial charge < -0.3 is 25.8 Å². The SMILES string of the molecule is CO/N=C(\C(=O)N[C@@H]1C(=O)N2C(C(=O)[O-])=C(CSc3cc[n+](N4CCCC4=O)cc3)CS[C@H]12)c1csc(N)n1. The van der Waals surface area contributed by atoms with E-state index in [2.05, 4.69) is 15.5 Å². The van der Waals surface area contributed by atoms with Gasteiger partial charge in [0.25, 0.3) is 17.7 Å². The van der Waals surface area contributed by atoms with Gasteiger partial charge in [-0.05, 0) is 12.0 Å². The number of oxime groups is 1. The molecule has 2 aromatic heterocycles. The number of aromatic nitrogens is 2. The standard InChI is InChI=1S/C23H23N7O6S3/c1-36-27-16(14-11-39-23(24)25-14)19(32)26-17-20(33)30-18(22(34)35)12(10-38-21(17)30)9-37-13-4-7-28(8-5-13)29-6-2-3-15(29)31/h4-5,7-8,11,17,21H,2-3,6,9-10H2,1H3,(H3-,24,25,26,32,34,35)/b27-16-/t17-,21-/m1/s1. The Morgan fingerprint density at radius 1 is 1.36 bits per heavy atom. The van der Waals surface area contributed by atoms with E-state index in [1.54, 1.807) is 22.1 Å².